The van der Waals surface area contributed by atoms with Crippen LogP contribution in [0.25, 0.3) is 0 Å². The van der Waals surface area contributed by atoms with Crippen LogP contribution in [0.2, 0.25) is 0 Å². The Hall–Kier alpha value is -2.71. The van der Waals surface area contributed by atoms with Crippen molar-refractivity contribution in [2.45, 2.75) is 11.8 Å². The van der Waals surface area contributed by atoms with E-state index in [-0.39, 0.29) is 16.4 Å². The average Bonchev–Trinajstić information content (AvgIpc) is 3.06. The molecule has 1 aromatic heterocycles. The van der Waals surface area contributed by atoms with Crippen LogP contribution < -0.4 is 9.62 Å². The second kappa shape index (κ2) is 7.27. The van der Waals surface area contributed by atoms with Crippen molar-refractivity contribution in [1.82, 2.24) is 4.98 Å². The third-order valence-electron chi connectivity index (χ3n) is 3.85. The molecule has 0 atom stereocenters. The third-order valence-corrected chi connectivity index (χ3v) is 6.47. The predicted octanol–water partition coefficient (Wildman–Crippen LogP) is 3.53. The summed E-state index contributed by atoms with van der Waals surface area (Å²) in [7, 11) is -2.29. The predicted molar refractivity (Wildman–Crippen MR) is 103 cm³/mol. The summed E-state index contributed by atoms with van der Waals surface area (Å²) in [4.78, 5) is 16.6. The Morgan fingerprint density at radius 2 is 1.85 bits per heavy atom. The largest absolute Gasteiger partial charge is 0.312 e. The van der Waals surface area contributed by atoms with Crippen molar-refractivity contribution in [3.8, 4) is 0 Å². The van der Waals surface area contributed by atoms with Gasteiger partial charge in [0.2, 0.25) is 0 Å². The van der Waals surface area contributed by atoms with Crippen LogP contribution in [0, 0.1) is 6.92 Å². The molecule has 0 aliphatic heterocycles. The van der Waals surface area contributed by atoms with Gasteiger partial charge in [-0.3, -0.25) is 9.10 Å². The van der Waals surface area contributed by atoms with Crippen molar-refractivity contribution >= 4 is 38.0 Å². The molecule has 1 heterocycles. The van der Waals surface area contributed by atoms with Crippen molar-refractivity contribution in [3.63, 3.8) is 0 Å². The lowest BCUT2D eigenvalue weighted by atomic mass is 10.2. The molecular formula is C18H17N3O3S2. The van der Waals surface area contributed by atoms with Crippen molar-refractivity contribution in [3.05, 3.63) is 71.4 Å². The maximum atomic E-state index is 12.9. The van der Waals surface area contributed by atoms with Gasteiger partial charge in [-0.1, -0.05) is 24.3 Å². The zero-order valence-corrected chi connectivity index (χ0v) is 15.8. The van der Waals surface area contributed by atoms with Crippen molar-refractivity contribution in [2.75, 3.05) is 16.7 Å². The van der Waals surface area contributed by atoms with Gasteiger partial charge in [0.15, 0.2) is 0 Å². The number of aromatic nitrogens is 1. The van der Waals surface area contributed by atoms with E-state index in [4.69, 9.17) is 0 Å². The molecule has 8 heteroatoms. The summed E-state index contributed by atoms with van der Waals surface area (Å²) < 4.78 is 26.9. The molecule has 0 saturated heterocycles. The number of benzene rings is 2. The summed E-state index contributed by atoms with van der Waals surface area (Å²) in [5, 5.41) is 3.40. The van der Waals surface area contributed by atoms with E-state index in [1.165, 1.54) is 34.8 Å². The minimum absolute atomic E-state index is 0.0533. The average molecular weight is 387 g/mol. The Balaban J connectivity index is 1.89. The van der Waals surface area contributed by atoms with E-state index >= 15 is 0 Å². The van der Waals surface area contributed by atoms with Crippen LogP contribution in [0.4, 0.5) is 10.7 Å². The van der Waals surface area contributed by atoms with Gasteiger partial charge < -0.3 is 5.32 Å². The molecule has 0 spiro atoms. The Morgan fingerprint density at radius 1 is 1.12 bits per heavy atom. The minimum atomic E-state index is -3.77. The first-order valence-corrected chi connectivity index (χ1v) is 10.1. The lowest BCUT2D eigenvalue weighted by Gasteiger charge is -2.19. The van der Waals surface area contributed by atoms with Crippen molar-refractivity contribution in [2.24, 2.45) is 0 Å². The normalized spacial score (nSPS) is 11.2. The number of amides is 1. The number of carbonyl (C=O) groups is 1. The Bertz CT molecular complexity index is 1030. The van der Waals surface area contributed by atoms with Crippen molar-refractivity contribution in [1.29, 1.82) is 0 Å². The lowest BCUT2D eigenvalue weighted by Crippen LogP contribution is -2.26. The van der Waals surface area contributed by atoms with Gasteiger partial charge >= 0.3 is 0 Å². The summed E-state index contributed by atoms with van der Waals surface area (Å²) in [6.45, 7) is 1.79. The molecule has 0 fully saturated rings. The van der Waals surface area contributed by atoms with Crippen LogP contribution in [-0.4, -0.2) is 26.4 Å². The Kier molecular flexibility index (Phi) is 5.06. The van der Waals surface area contributed by atoms with Gasteiger partial charge in [0.05, 0.1) is 21.8 Å². The highest BCUT2D eigenvalue weighted by atomic mass is 32.2. The number of nitrogens with zero attached hydrogens (tertiary/aromatic N) is 2. The van der Waals surface area contributed by atoms with Gasteiger partial charge in [-0.25, -0.2) is 13.4 Å². The number of thiazole rings is 1. The van der Waals surface area contributed by atoms with Crippen LogP contribution in [0.15, 0.2) is 65.0 Å². The molecule has 0 aliphatic carbocycles. The van der Waals surface area contributed by atoms with Gasteiger partial charge in [-0.05, 0) is 37.3 Å². The molecule has 1 N–H and O–H groups in total. The summed E-state index contributed by atoms with van der Waals surface area (Å²) in [6.07, 6.45) is 0. The minimum Gasteiger partial charge on any atom is -0.312 e. The number of hydrogen-bond acceptors (Lipinski definition) is 5. The first-order valence-electron chi connectivity index (χ1n) is 7.75. The van der Waals surface area contributed by atoms with E-state index in [2.05, 4.69) is 10.3 Å². The van der Waals surface area contributed by atoms with E-state index < -0.39 is 10.0 Å². The quantitative estimate of drug-likeness (QED) is 0.726. The van der Waals surface area contributed by atoms with Gasteiger partial charge in [-0.15, -0.1) is 11.3 Å². The maximum Gasteiger partial charge on any atom is 0.264 e. The zero-order valence-electron chi connectivity index (χ0n) is 14.2. The molecule has 0 saturated carbocycles. The Morgan fingerprint density at radius 3 is 2.50 bits per heavy atom. The second-order valence-electron chi connectivity index (χ2n) is 5.56. The fraction of sp³-hybridized carbons (Fsp3) is 0.111. The van der Waals surface area contributed by atoms with Crippen LogP contribution in [0.1, 0.15) is 16.1 Å². The molecule has 1 amide bonds. The van der Waals surface area contributed by atoms with Gasteiger partial charge in [0.25, 0.3) is 15.9 Å². The first-order chi connectivity index (χ1) is 12.4. The van der Waals surface area contributed by atoms with Gasteiger partial charge in [-0.2, -0.15) is 0 Å². The number of rotatable bonds is 5. The highest BCUT2D eigenvalue weighted by Crippen LogP contribution is 2.24. The molecule has 134 valence electrons. The van der Waals surface area contributed by atoms with E-state index in [0.717, 1.165) is 5.69 Å². The monoisotopic (exact) mass is 387 g/mol. The molecule has 6 nitrogen and oxygen atoms in total. The molecule has 0 radical (unpaired) electrons. The summed E-state index contributed by atoms with van der Waals surface area (Å²) in [6, 6.07) is 14.8. The molecule has 3 rings (SSSR count). The molecule has 0 unspecified atom stereocenters. The standard InChI is InChI=1S/C18H17N3O3S2/c1-13-18(25-12-19-13)20-17(22)14-7-6-10-16(11-14)26(23,24)21(2)15-8-4-3-5-9-15/h3-12H,1-2H3,(H,20,22). The van der Waals surface area contributed by atoms with Crippen LogP contribution in [0.5, 0.6) is 0 Å². The second-order valence-corrected chi connectivity index (χ2v) is 8.38. The number of aryl methyl sites for hydroxylation is 1. The summed E-state index contributed by atoms with van der Waals surface area (Å²) in [5.41, 5.74) is 3.17. The van der Waals surface area contributed by atoms with E-state index in [1.54, 1.807) is 48.8 Å². The highest BCUT2D eigenvalue weighted by molar-refractivity contribution is 7.92. The number of anilines is 2. The topological polar surface area (TPSA) is 79.4 Å². The molecule has 2 aromatic carbocycles. The number of sulfonamides is 1. The SMILES string of the molecule is Cc1ncsc1NC(=O)c1cccc(S(=O)(=O)N(C)c2ccccc2)c1. The molecule has 0 bridgehead atoms. The fourth-order valence-corrected chi connectivity index (χ4v) is 4.26. The number of nitrogens with one attached hydrogen (secondary N) is 1. The molecule has 3 aromatic rings. The van der Waals surface area contributed by atoms with Crippen LogP contribution in [-0.2, 0) is 10.0 Å². The first kappa shape index (κ1) is 18.1. The maximum absolute atomic E-state index is 12.9. The number of hydrogen-bond donors (Lipinski definition) is 1. The number of para-hydroxylation sites is 1. The molecule has 0 aliphatic rings. The summed E-state index contributed by atoms with van der Waals surface area (Å²) >= 11 is 1.31. The van der Waals surface area contributed by atoms with E-state index in [9.17, 15) is 13.2 Å². The third kappa shape index (κ3) is 3.61. The number of carbonyl (C=O) groups excluding carboxylic acids is 1. The fourth-order valence-electron chi connectivity index (χ4n) is 2.33. The van der Waals surface area contributed by atoms with E-state index in [1.807, 2.05) is 6.07 Å². The van der Waals surface area contributed by atoms with Gasteiger partial charge in [0, 0.05) is 12.6 Å². The van der Waals surface area contributed by atoms with Crippen molar-refractivity contribution < 1.29 is 13.2 Å². The smallest absolute Gasteiger partial charge is 0.264 e. The van der Waals surface area contributed by atoms with Crippen LogP contribution in [0.3, 0.4) is 0 Å². The molecular weight excluding hydrogens is 370 g/mol. The van der Waals surface area contributed by atoms with Gasteiger partial charge in [0.1, 0.15) is 5.00 Å². The zero-order chi connectivity index (χ0) is 18.7. The van der Waals surface area contributed by atoms with E-state index in [0.29, 0.717) is 10.7 Å². The molecule has 26 heavy (non-hydrogen) atoms. The lowest BCUT2D eigenvalue weighted by molar-refractivity contribution is 0.102. The van der Waals surface area contributed by atoms with Crippen LogP contribution >= 0.6 is 11.3 Å². The highest BCUT2D eigenvalue weighted by Gasteiger charge is 2.22. The Labute approximate surface area is 156 Å². The summed E-state index contributed by atoms with van der Waals surface area (Å²) in [5.74, 6) is -0.378.